The van der Waals surface area contributed by atoms with Crippen LogP contribution in [0.1, 0.15) is 19.4 Å². The third-order valence-electron chi connectivity index (χ3n) is 2.63. The summed E-state index contributed by atoms with van der Waals surface area (Å²) in [6.45, 7) is 4.73. The first-order valence-corrected chi connectivity index (χ1v) is 6.98. The molecule has 1 aromatic carbocycles. The summed E-state index contributed by atoms with van der Waals surface area (Å²) in [7, 11) is 0. The van der Waals surface area contributed by atoms with E-state index in [0.717, 1.165) is 23.8 Å². The minimum absolute atomic E-state index is 0.104. The molecule has 0 bridgehead atoms. The van der Waals surface area contributed by atoms with Gasteiger partial charge in [0, 0.05) is 17.6 Å². The van der Waals surface area contributed by atoms with Gasteiger partial charge in [0.05, 0.1) is 6.10 Å². The topological polar surface area (TPSA) is 47.0 Å². The van der Waals surface area contributed by atoms with Gasteiger partial charge in [0.15, 0.2) is 0 Å². The number of nitrogens with zero attached hydrogens (tertiary/aromatic N) is 2. The first-order chi connectivity index (χ1) is 9.63. The van der Waals surface area contributed by atoms with Crippen molar-refractivity contribution in [2.75, 3.05) is 11.9 Å². The summed E-state index contributed by atoms with van der Waals surface area (Å²) in [5.41, 5.74) is 1.23. The molecule has 2 aromatic rings. The predicted molar refractivity (Wildman–Crippen MR) is 81.4 cm³/mol. The molecule has 2 rings (SSSR count). The Hall–Kier alpha value is -1.81. The zero-order valence-electron chi connectivity index (χ0n) is 11.6. The van der Waals surface area contributed by atoms with Crippen LogP contribution in [-0.4, -0.2) is 22.6 Å². The molecule has 1 heterocycles. The van der Waals surface area contributed by atoms with Gasteiger partial charge in [-0.25, -0.2) is 9.97 Å². The van der Waals surface area contributed by atoms with Crippen molar-refractivity contribution in [3.63, 3.8) is 0 Å². The minimum Gasteiger partial charge on any atom is -0.475 e. The van der Waals surface area contributed by atoms with Crippen molar-refractivity contribution in [1.82, 2.24) is 9.97 Å². The van der Waals surface area contributed by atoms with E-state index in [1.54, 1.807) is 0 Å². The molecule has 0 aliphatic heterocycles. The highest BCUT2D eigenvalue weighted by atomic mass is 35.5. The van der Waals surface area contributed by atoms with Gasteiger partial charge in [-0.05, 0) is 38.0 Å². The van der Waals surface area contributed by atoms with E-state index in [2.05, 4.69) is 15.3 Å². The van der Waals surface area contributed by atoms with Crippen molar-refractivity contribution < 1.29 is 4.74 Å². The van der Waals surface area contributed by atoms with Crippen LogP contribution in [0, 0.1) is 0 Å². The van der Waals surface area contributed by atoms with Gasteiger partial charge in [-0.1, -0.05) is 23.7 Å². The van der Waals surface area contributed by atoms with Crippen LogP contribution in [0.4, 0.5) is 5.82 Å². The summed E-state index contributed by atoms with van der Waals surface area (Å²) in [5.74, 6) is 1.36. The zero-order chi connectivity index (χ0) is 14.4. The molecule has 20 heavy (non-hydrogen) atoms. The molecule has 5 heteroatoms. The highest BCUT2D eigenvalue weighted by Crippen LogP contribution is 2.13. The Morgan fingerprint density at radius 2 is 1.95 bits per heavy atom. The molecule has 106 valence electrons. The molecule has 0 saturated carbocycles. The van der Waals surface area contributed by atoms with Crippen molar-refractivity contribution in [1.29, 1.82) is 0 Å². The Morgan fingerprint density at radius 1 is 1.20 bits per heavy atom. The Morgan fingerprint density at radius 3 is 2.65 bits per heavy atom. The van der Waals surface area contributed by atoms with Gasteiger partial charge in [0.1, 0.15) is 12.1 Å². The lowest BCUT2D eigenvalue weighted by molar-refractivity contribution is 0.232. The lowest BCUT2D eigenvalue weighted by atomic mass is 10.1. The van der Waals surface area contributed by atoms with Gasteiger partial charge in [0.2, 0.25) is 5.88 Å². The SMILES string of the molecule is CC(C)Oc1cc(NCCc2ccc(Cl)cc2)ncn1. The lowest BCUT2D eigenvalue weighted by Gasteiger charge is -2.10. The number of halogens is 1. The van der Waals surface area contributed by atoms with Crippen molar-refractivity contribution >= 4 is 17.4 Å². The van der Waals surface area contributed by atoms with E-state index in [9.17, 15) is 0 Å². The Balaban J connectivity index is 1.86. The second-order valence-electron chi connectivity index (χ2n) is 4.71. The maximum Gasteiger partial charge on any atom is 0.218 e. The zero-order valence-corrected chi connectivity index (χ0v) is 12.4. The molecule has 0 aliphatic rings. The fourth-order valence-electron chi connectivity index (χ4n) is 1.73. The lowest BCUT2D eigenvalue weighted by Crippen LogP contribution is -2.09. The highest BCUT2D eigenvalue weighted by molar-refractivity contribution is 6.30. The Labute approximate surface area is 124 Å². The number of nitrogens with one attached hydrogen (secondary N) is 1. The number of anilines is 1. The minimum atomic E-state index is 0.104. The molecular weight excluding hydrogens is 274 g/mol. The molecule has 0 spiro atoms. The molecule has 4 nitrogen and oxygen atoms in total. The van der Waals surface area contributed by atoms with Gasteiger partial charge in [0.25, 0.3) is 0 Å². The van der Waals surface area contributed by atoms with E-state index in [-0.39, 0.29) is 6.10 Å². The van der Waals surface area contributed by atoms with Gasteiger partial charge in [-0.2, -0.15) is 0 Å². The van der Waals surface area contributed by atoms with Crippen molar-refractivity contribution in [3.05, 3.63) is 47.2 Å². The van der Waals surface area contributed by atoms with E-state index >= 15 is 0 Å². The molecule has 1 N–H and O–H groups in total. The highest BCUT2D eigenvalue weighted by Gasteiger charge is 2.02. The van der Waals surface area contributed by atoms with Crippen LogP contribution in [0.15, 0.2) is 36.7 Å². The first kappa shape index (κ1) is 14.6. The standard InChI is InChI=1S/C15H18ClN3O/c1-11(2)20-15-9-14(18-10-19-15)17-8-7-12-3-5-13(16)6-4-12/h3-6,9-11H,7-8H2,1-2H3,(H,17,18,19). The van der Waals surface area contributed by atoms with Crippen LogP contribution in [0.3, 0.4) is 0 Å². The van der Waals surface area contributed by atoms with E-state index in [4.69, 9.17) is 16.3 Å². The van der Waals surface area contributed by atoms with Gasteiger partial charge in [-0.15, -0.1) is 0 Å². The fourth-order valence-corrected chi connectivity index (χ4v) is 1.85. The van der Waals surface area contributed by atoms with Gasteiger partial charge < -0.3 is 10.1 Å². The maximum absolute atomic E-state index is 5.85. The average molecular weight is 292 g/mol. The summed E-state index contributed by atoms with van der Waals surface area (Å²) in [6, 6.07) is 9.66. The van der Waals surface area contributed by atoms with Crippen LogP contribution >= 0.6 is 11.6 Å². The molecule has 0 amide bonds. The van der Waals surface area contributed by atoms with Crippen LogP contribution in [-0.2, 0) is 6.42 Å². The fraction of sp³-hybridized carbons (Fsp3) is 0.333. The van der Waals surface area contributed by atoms with E-state index in [1.807, 2.05) is 44.2 Å². The Kier molecular flexibility index (Phi) is 5.18. The maximum atomic E-state index is 5.85. The van der Waals surface area contributed by atoms with Crippen LogP contribution < -0.4 is 10.1 Å². The van der Waals surface area contributed by atoms with E-state index in [0.29, 0.717) is 5.88 Å². The first-order valence-electron chi connectivity index (χ1n) is 6.60. The van der Waals surface area contributed by atoms with Gasteiger partial charge >= 0.3 is 0 Å². The van der Waals surface area contributed by atoms with E-state index < -0.39 is 0 Å². The smallest absolute Gasteiger partial charge is 0.218 e. The van der Waals surface area contributed by atoms with Crippen LogP contribution in [0.5, 0.6) is 5.88 Å². The molecule has 0 unspecified atom stereocenters. The second kappa shape index (κ2) is 7.10. The molecule has 0 fully saturated rings. The molecule has 1 aromatic heterocycles. The summed E-state index contributed by atoms with van der Waals surface area (Å²) in [5, 5.41) is 4.01. The number of ether oxygens (including phenoxy) is 1. The summed E-state index contributed by atoms with van der Waals surface area (Å²) in [6.07, 6.45) is 2.51. The number of hydrogen-bond acceptors (Lipinski definition) is 4. The van der Waals surface area contributed by atoms with E-state index in [1.165, 1.54) is 11.9 Å². The number of aromatic nitrogens is 2. The summed E-state index contributed by atoms with van der Waals surface area (Å²) < 4.78 is 5.53. The molecule has 0 aliphatic carbocycles. The molecular formula is C15H18ClN3O. The molecule has 0 atom stereocenters. The monoisotopic (exact) mass is 291 g/mol. The Bertz CT molecular complexity index is 543. The summed E-state index contributed by atoms with van der Waals surface area (Å²) >= 11 is 5.85. The third-order valence-corrected chi connectivity index (χ3v) is 2.88. The summed E-state index contributed by atoms with van der Waals surface area (Å²) in [4.78, 5) is 8.24. The largest absolute Gasteiger partial charge is 0.475 e. The van der Waals surface area contributed by atoms with Crippen molar-refractivity contribution in [2.24, 2.45) is 0 Å². The third kappa shape index (κ3) is 4.70. The van der Waals surface area contributed by atoms with Crippen LogP contribution in [0.2, 0.25) is 5.02 Å². The molecule has 0 saturated heterocycles. The average Bonchev–Trinajstić information content (AvgIpc) is 2.41. The number of hydrogen-bond donors (Lipinski definition) is 1. The predicted octanol–water partition coefficient (Wildman–Crippen LogP) is 3.57. The second-order valence-corrected chi connectivity index (χ2v) is 5.15. The number of benzene rings is 1. The quantitative estimate of drug-likeness (QED) is 0.884. The van der Waals surface area contributed by atoms with Crippen LogP contribution in [0.25, 0.3) is 0 Å². The molecule has 0 radical (unpaired) electrons. The normalized spacial score (nSPS) is 10.6. The van der Waals surface area contributed by atoms with Crippen molar-refractivity contribution in [2.45, 2.75) is 26.4 Å². The van der Waals surface area contributed by atoms with Crippen molar-refractivity contribution in [3.8, 4) is 5.88 Å². The number of rotatable bonds is 6. The van der Waals surface area contributed by atoms with Gasteiger partial charge in [-0.3, -0.25) is 0 Å².